The molecule has 1 saturated carbocycles. The summed E-state index contributed by atoms with van der Waals surface area (Å²) in [4.78, 5) is 2.45. The highest BCUT2D eigenvalue weighted by molar-refractivity contribution is 4.79. The summed E-state index contributed by atoms with van der Waals surface area (Å²) in [5.41, 5.74) is 5.92. The van der Waals surface area contributed by atoms with Gasteiger partial charge in [0.2, 0.25) is 0 Å². The number of hydrogen-bond acceptors (Lipinski definition) is 3. The number of hydrogen-bond donors (Lipinski definition) is 2. The number of nitrogens with two attached hydrogens (primary N) is 1. The second kappa shape index (κ2) is 6.72. The van der Waals surface area contributed by atoms with Crippen LogP contribution >= 0.6 is 0 Å². The van der Waals surface area contributed by atoms with Crippen LogP contribution < -0.4 is 11.1 Å². The molecular formula is C14H29N3. The van der Waals surface area contributed by atoms with Crippen molar-refractivity contribution in [3.63, 3.8) is 0 Å². The monoisotopic (exact) mass is 239 g/mol. The van der Waals surface area contributed by atoms with Crippen molar-refractivity contribution in [3.05, 3.63) is 0 Å². The summed E-state index contributed by atoms with van der Waals surface area (Å²) >= 11 is 0. The average Bonchev–Trinajstić information content (AvgIpc) is 2.34. The van der Waals surface area contributed by atoms with Crippen LogP contribution in [0, 0.1) is 5.92 Å². The summed E-state index contributed by atoms with van der Waals surface area (Å²) in [5, 5.41) is 3.73. The molecule has 1 saturated heterocycles. The van der Waals surface area contributed by atoms with E-state index >= 15 is 0 Å². The van der Waals surface area contributed by atoms with Crippen LogP contribution in [-0.4, -0.2) is 43.7 Å². The molecule has 2 aliphatic rings. The normalized spacial score (nSPS) is 32.8. The lowest BCUT2D eigenvalue weighted by Gasteiger charge is -2.30. The topological polar surface area (TPSA) is 41.3 Å². The maximum absolute atomic E-state index is 5.92. The molecule has 3 nitrogen and oxygen atoms in total. The highest BCUT2D eigenvalue weighted by Crippen LogP contribution is 2.20. The molecular weight excluding hydrogens is 210 g/mol. The molecule has 0 unspecified atom stereocenters. The Hall–Kier alpha value is -0.120. The van der Waals surface area contributed by atoms with Crippen molar-refractivity contribution in [2.75, 3.05) is 26.7 Å². The van der Waals surface area contributed by atoms with Crippen molar-refractivity contribution in [1.29, 1.82) is 0 Å². The lowest BCUT2D eigenvalue weighted by atomic mass is 9.91. The van der Waals surface area contributed by atoms with E-state index in [0.717, 1.165) is 12.0 Å². The molecule has 0 aromatic rings. The van der Waals surface area contributed by atoms with E-state index in [0.29, 0.717) is 6.04 Å². The van der Waals surface area contributed by atoms with Crippen molar-refractivity contribution in [2.45, 2.75) is 57.0 Å². The molecule has 0 aromatic heterocycles. The first-order valence-corrected chi connectivity index (χ1v) is 7.41. The van der Waals surface area contributed by atoms with Gasteiger partial charge in [-0.2, -0.15) is 0 Å². The molecule has 17 heavy (non-hydrogen) atoms. The van der Waals surface area contributed by atoms with Crippen LogP contribution in [0.15, 0.2) is 0 Å². The van der Waals surface area contributed by atoms with Crippen LogP contribution in [0.1, 0.15) is 44.9 Å². The fourth-order valence-electron chi connectivity index (χ4n) is 3.17. The first-order valence-electron chi connectivity index (χ1n) is 7.41. The Morgan fingerprint density at radius 1 is 1.06 bits per heavy atom. The van der Waals surface area contributed by atoms with Gasteiger partial charge in [-0.1, -0.05) is 0 Å². The Bertz CT molecular complexity index is 182. The van der Waals surface area contributed by atoms with E-state index in [9.17, 15) is 0 Å². The fraction of sp³-hybridized carbons (Fsp3) is 1.00. The van der Waals surface area contributed by atoms with Crippen molar-refractivity contribution >= 4 is 0 Å². The first kappa shape index (κ1) is 13.3. The fourth-order valence-corrected chi connectivity index (χ4v) is 3.17. The molecule has 0 spiro atoms. The molecule has 2 rings (SSSR count). The molecule has 0 atom stereocenters. The molecule has 0 radical (unpaired) electrons. The zero-order valence-corrected chi connectivity index (χ0v) is 11.3. The summed E-state index contributed by atoms with van der Waals surface area (Å²) in [7, 11) is 2.24. The summed E-state index contributed by atoms with van der Waals surface area (Å²) in [5.74, 6) is 0.963. The number of nitrogens with one attached hydrogen (secondary N) is 1. The largest absolute Gasteiger partial charge is 0.328 e. The Kier molecular flexibility index (Phi) is 5.26. The standard InChI is InChI=1S/C14H29N3/c1-17-10-7-12(8-11-17)6-9-16-14-4-2-13(15)3-5-14/h12-14,16H,2-11,15H2,1H3. The molecule has 0 bridgehead atoms. The van der Waals surface area contributed by atoms with Gasteiger partial charge in [0, 0.05) is 12.1 Å². The van der Waals surface area contributed by atoms with Crippen LogP contribution in [0.4, 0.5) is 0 Å². The van der Waals surface area contributed by atoms with Crippen LogP contribution in [0.3, 0.4) is 0 Å². The summed E-state index contributed by atoms with van der Waals surface area (Å²) < 4.78 is 0. The van der Waals surface area contributed by atoms with Crippen molar-refractivity contribution < 1.29 is 0 Å². The molecule has 0 aromatic carbocycles. The Labute approximate surface area is 106 Å². The lowest BCUT2D eigenvalue weighted by Crippen LogP contribution is -2.38. The van der Waals surface area contributed by atoms with E-state index in [2.05, 4.69) is 17.3 Å². The summed E-state index contributed by atoms with van der Waals surface area (Å²) in [6.07, 6.45) is 9.17. The highest BCUT2D eigenvalue weighted by atomic mass is 15.1. The molecule has 1 aliphatic carbocycles. The van der Waals surface area contributed by atoms with E-state index in [1.165, 1.54) is 64.6 Å². The van der Waals surface area contributed by atoms with Crippen LogP contribution in [0.25, 0.3) is 0 Å². The maximum Gasteiger partial charge on any atom is 0.00682 e. The van der Waals surface area contributed by atoms with Gasteiger partial charge < -0.3 is 16.0 Å². The predicted molar refractivity (Wildman–Crippen MR) is 73.1 cm³/mol. The maximum atomic E-state index is 5.92. The van der Waals surface area contributed by atoms with Gasteiger partial charge in [-0.25, -0.2) is 0 Å². The number of likely N-dealkylation sites (tertiary alicyclic amines) is 1. The Morgan fingerprint density at radius 3 is 2.35 bits per heavy atom. The van der Waals surface area contributed by atoms with Gasteiger partial charge in [0.25, 0.3) is 0 Å². The second-order valence-corrected chi connectivity index (χ2v) is 6.10. The number of rotatable bonds is 4. The Morgan fingerprint density at radius 2 is 1.71 bits per heavy atom. The molecule has 1 heterocycles. The smallest absolute Gasteiger partial charge is 0.00682 e. The summed E-state index contributed by atoms with van der Waals surface area (Å²) in [6.45, 7) is 3.81. The molecule has 1 aliphatic heterocycles. The third kappa shape index (κ3) is 4.57. The third-order valence-corrected chi connectivity index (χ3v) is 4.60. The molecule has 100 valence electrons. The number of piperidine rings is 1. The first-order chi connectivity index (χ1) is 8.24. The quantitative estimate of drug-likeness (QED) is 0.782. The Balaban J connectivity index is 1.54. The van der Waals surface area contributed by atoms with Crippen LogP contribution in [0.2, 0.25) is 0 Å². The molecule has 3 N–H and O–H groups in total. The SMILES string of the molecule is CN1CCC(CCNC2CCC(N)CC2)CC1. The zero-order chi connectivity index (χ0) is 12.1. The predicted octanol–water partition coefficient (Wildman–Crippen LogP) is 1.58. The summed E-state index contributed by atoms with van der Waals surface area (Å²) in [6, 6.07) is 1.22. The minimum absolute atomic E-state index is 0.474. The van der Waals surface area contributed by atoms with Gasteiger partial charge in [-0.3, -0.25) is 0 Å². The van der Waals surface area contributed by atoms with E-state index < -0.39 is 0 Å². The molecule has 2 fully saturated rings. The minimum atomic E-state index is 0.474. The molecule has 3 heteroatoms. The lowest BCUT2D eigenvalue weighted by molar-refractivity contribution is 0.208. The van der Waals surface area contributed by atoms with E-state index in [1.807, 2.05) is 0 Å². The van der Waals surface area contributed by atoms with Gasteiger partial charge in [-0.15, -0.1) is 0 Å². The van der Waals surface area contributed by atoms with Gasteiger partial charge in [0.05, 0.1) is 0 Å². The molecule has 0 amide bonds. The van der Waals surface area contributed by atoms with Crippen LogP contribution in [0.5, 0.6) is 0 Å². The minimum Gasteiger partial charge on any atom is -0.328 e. The van der Waals surface area contributed by atoms with Gasteiger partial charge >= 0.3 is 0 Å². The van der Waals surface area contributed by atoms with Crippen molar-refractivity contribution in [3.8, 4) is 0 Å². The zero-order valence-electron chi connectivity index (χ0n) is 11.3. The third-order valence-electron chi connectivity index (χ3n) is 4.60. The van der Waals surface area contributed by atoms with Crippen LogP contribution in [-0.2, 0) is 0 Å². The van der Waals surface area contributed by atoms with E-state index in [1.54, 1.807) is 0 Å². The van der Waals surface area contributed by atoms with Crippen molar-refractivity contribution in [2.24, 2.45) is 11.7 Å². The van der Waals surface area contributed by atoms with Gasteiger partial charge in [-0.05, 0) is 77.5 Å². The highest BCUT2D eigenvalue weighted by Gasteiger charge is 2.19. The van der Waals surface area contributed by atoms with Gasteiger partial charge in [0.1, 0.15) is 0 Å². The average molecular weight is 239 g/mol. The number of nitrogens with zero attached hydrogens (tertiary/aromatic N) is 1. The van der Waals surface area contributed by atoms with E-state index in [-0.39, 0.29) is 0 Å². The van der Waals surface area contributed by atoms with Gasteiger partial charge in [0.15, 0.2) is 0 Å². The van der Waals surface area contributed by atoms with E-state index in [4.69, 9.17) is 5.73 Å². The second-order valence-electron chi connectivity index (χ2n) is 6.10. The van der Waals surface area contributed by atoms with Crippen molar-refractivity contribution in [1.82, 2.24) is 10.2 Å².